The molecule has 0 aliphatic carbocycles. The smallest absolute Gasteiger partial charge is 0.205 e. The highest BCUT2D eigenvalue weighted by molar-refractivity contribution is 7.91. The van der Waals surface area contributed by atoms with Crippen molar-refractivity contribution in [3.63, 3.8) is 0 Å². The van der Waals surface area contributed by atoms with E-state index in [1.165, 1.54) is 0 Å². The molecule has 0 saturated carbocycles. The van der Waals surface area contributed by atoms with Crippen molar-refractivity contribution in [1.29, 1.82) is 0 Å². The first kappa shape index (κ1) is 14.3. The fourth-order valence-electron chi connectivity index (χ4n) is 2.69. The molecule has 0 bridgehead atoms. The van der Waals surface area contributed by atoms with Crippen LogP contribution in [0.5, 0.6) is 0 Å². The van der Waals surface area contributed by atoms with E-state index in [9.17, 15) is 8.42 Å². The number of benzene rings is 2. The van der Waals surface area contributed by atoms with E-state index >= 15 is 0 Å². The van der Waals surface area contributed by atoms with Gasteiger partial charge < -0.3 is 4.74 Å². The third-order valence-electron chi connectivity index (χ3n) is 3.81. The van der Waals surface area contributed by atoms with Crippen LogP contribution in [0.1, 0.15) is 30.9 Å². The molecule has 0 radical (unpaired) electrons. The van der Waals surface area contributed by atoms with Gasteiger partial charge in [-0.2, -0.15) is 0 Å². The molecule has 0 spiro atoms. The quantitative estimate of drug-likeness (QED) is 0.867. The second-order valence-electron chi connectivity index (χ2n) is 5.25. The zero-order valence-electron chi connectivity index (χ0n) is 11.7. The lowest BCUT2D eigenvalue weighted by atomic mass is 10.0. The normalized spacial score (nSPS) is 22.9. The molecule has 2 aromatic rings. The Hall–Kier alpha value is -1.65. The Bertz CT molecular complexity index is 680. The first-order valence-electron chi connectivity index (χ1n) is 7.17. The van der Waals surface area contributed by atoms with E-state index in [-0.39, 0.29) is 6.10 Å². The fourth-order valence-corrected chi connectivity index (χ4v) is 4.29. The van der Waals surface area contributed by atoms with Crippen molar-refractivity contribution in [2.75, 3.05) is 0 Å². The molecule has 1 heterocycles. The fraction of sp³-hybridized carbons (Fsp3) is 0.294. The second kappa shape index (κ2) is 6.00. The summed E-state index contributed by atoms with van der Waals surface area (Å²) in [5.41, 5.74) is 0.296. The molecule has 0 aromatic heterocycles. The van der Waals surface area contributed by atoms with Gasteiger partial charge in [0, 0.05) is 0 Å². The van der Waals surface area contributed by atoms with Gasteiger partial charge in [-0.3, -0.25) is 0 Å². The molecule has 1 aliphatic rings. The maximum atomic E-state index is 12.6. The molecular formula is C17H18O3S. The van der Waals surface area contributed by atoms with Crippen LogP contribution in [0.4, 0.5) is 0 Å². The van der Waals surface area contributed by atoms with Crippen LogP contribution < -0.4 is 0 Å². The van der Waals surface area contributed by atoms with Gasteiger partial charge in [0.15, 0.2) is 5.44 Å². The Labute approximate surface area is 125 Å². The molecule has 3 nitrogen and oxygen atoms in total. The maximum Gasteiger partial charge on any atom is 0.205 e. The van der Waals surface area contributed by atoms with Gasteiger partial charge in [-0.15, -0.1) is 0 Å². The monoisotopic (exact) mass is 302 g/mol. The molecule has 0 amide bonds. The Kier molecular flexibility index (Phi) is 4.08. The van der Waals surface area contributed by atoms with Crippen LogP contribution in [-0.4, -0.2) is 13.9 Å². The standard InChI is InChI=1S/C17H18O3S/c18-21(19,15-10-5-2-6-11-15)17-13-7-12-16(20-17)14-8-3-1-4-9-14/h1-6,8-11,16-17H,7,12-13H2. The third kappa shape index (κ3) is 3.01. The molecule has 2 unspecified atom stereocenters. The Morgan fingerprint density at radius 2 is 1.48 bits per heavy atom. The lowest BCUT2D eigenvalue weighted by Gasteiger charge is -2.30. The van der Waals surface area contributed by atoms with Gasteiger partial charge in [0.05, 0.1) is 11.0 Å². The number of rotatable bonds is 3. The van der Waals surface area contributed by atoms with E-state index in [0.29, 0.717) is 11.3 Å². The van der Waals surface area contributed by atoms with E-state index in [1.54, 1.807) is 24.3 Å². The van der Waals surface area contributed by atoms with Gasteiger partial charge in [-0.1, -0.05) is 48.5 Å². The number of hydrogen-bond donors (Lipinski definition) is 0. The van der Waals surface area contributed by atoms with Crippen molar-refractivity contribution in [3.8, 4) is 0 Å². The molecule has 0 N–H and O–H groups in total. The van der Waals surface area contributed by atoms with Crippen molar-refractivity contribution in [3.05, 3.63) is 66.2 Å². The van der Waals surface area contributed by atoms with Crippen molar-refractivity contribution < 1.29 is 13.2 Å². The molecule has 4 heteroatoms. The average Bonchev–Trinajstić information content (AvgIpc) is 2.57. The van der Waals surface area contributed by atoms with Crippen molar-refractivity contribution in [1.82, 2.24) is 0 Å². The van der Waals surface area contributed by atoms with Gasteiger partial charge in [0.2, 0.25) is 9.84 Å². The van der Waals surface area contributed by atoms with E-state index in [4.69, 9.17) is 4.74 Å². The largest absolute Gasteiger partial charge is 0.354 e. The van der Waals surface area contributed by atoms with Crippen LogP contribution in [-0.2, 0) is 14.6 Å². The third-order valence-corrected chi connectivity index (χ3v) is 5.78. The highest BCUT2D eigenvalue weighted by Gasteiger charge is 2.34. The van der Waals surface area contributed by atoms with Gasteiger partial charge in [-0.25, -0.2) is 8.42 Å². The topological polar surface area (TPSA) is 43.4 Å². The van der Waals surface area contributed by atoms with E-state index in [0.717, 1.165) is 18.4 Å². The summed E-state index contributed by atoms with van der Waals surface area (Å²) in [4.78, 5) is 0.337. The predicted molar refractivity (Wildman–Crippen MR) is 81.5 cm³/mol. The summed E-state index contributed by atoms with van der Waals surface area (Å²) in [6.45, 7) is 0. The van der Waals surface area contributed by atoms with Crippen molar-refractivity contribution in [2.24, 2.45) is 0 Å². The van der Waals surface area contributed by atoms with Crippen LogP contribution in [0.2, 0.25) is 0 Å². The molecule has 1 saturated heterocycles. The second-order valence-corrected chi connectivity index (χ2v) is 7.34. The molecule has 3 rings (SSSR count). The van der Waals surface area contributed by atoms with Crippen LogP contribution in [0.15, 0.2) is 65.6 Å². The van der Waals surface area contributed by atoms with Crippen LogP contribution >= 0.6 is 0 Å². The number of ether oxygens (including phenoxy) is 1. The zero-order chi connectivity index (χ0) is 14.7. The molecule has 21 heavy (non-hydrogen) atoms. The molecule has 110 valence electrons. The van der Waals surface area contributed by atoms with Crippen LogP contribution in [0.25, 0.3) is 0 Å². The van der Waals surface area contributed by atoms with Crippen LogP contribution in [0, 0.1) is 0 Å². The lowest BCUT2D eigenvalue weighted by molar-refractivity contribution is -0.0100. The van der Waals surface area contributed by atoms with Crippen LogP contribution in [0.3, 0.4) is 0 Å². The number of hydrogen-bond acceptors (Lipinski definition) is 3. The maximum absolute atomic E-state index is 12.6. The number of sulfone groups is 1. The van der Waals surface area contributed by atoms with E-state index in [1.807, 2.05) is 36.4 Å². The van der Waals surface area contributed by atoms with Crippen molar-refractivity contribution >= 4 is 9.84 Å². The Balaban J connectivity index is 1.84. The first-order chi connectivity index (χ1) is 10.2. The van der Waals surface area contributed by atoms with E-state index < -0.39 is 15.3 Å². The lowest BCUT2D eigenvalue weighted by Crippen LogP contribution is -2.30. The summed E-state index contributed by atoms with van der Waals surface area (Å²) in [5.74, 6) is 0. The minimum absolute atomic E-state index is 0.136. The summed E-state index contributed by atoms with van der Waals surface area (Å²) in [6.07, 6.45) is 2.14. The minimum Gasteiger partial charge on any atom is -0.354 e. The van der Waals surface area contributed by atoms with Crippen molar-refractivity contribution in [2.45, 2.75) is 35.7 Å². The predicted octanol–water partition coefficient (Wildman–Crippen LogP) is 3.73. The summed E-state index contributed by atoms with van der Waals surface area (Å²) in [6, 6.07) is 18.4. The van der Waals surface area contributed by atoms with E-state index in [2.05, 4.69) is 0 Å². The Morgan fingerprint density at radius 1 is 0.857 bits per heavy atom. The minimum atomic E-state index is -3.43. The summed E-state index contributed by atoms with van der Waals surface area (Å²) in [7, 11) is -3.43. The summed E-state index contributed by atoms with van der Waals surface area (Å²) in [5, 5.41) is 0. The molecule has 1 fully saturated rings. The van der Waals surface area contributed by atoms with Gasteiger partial charge in [0.25, 0.3) is 0 Å². The Morgan fingerprint density at radius 3 is 2.14 bits per heavy atom. The molecule has 2 atom stereocenters. The average molecular weight is 302 g/mol. The zero-order valence-corrected chi connectivity index (χ0v) is 12.5. The SMILES string of the molecule is O=S(=O)(c1ccccc1)C1CCCC(c2ccccc2)O1. The summed E-state index contributed by atoms with van der Waals surface area (Å²) >= 11 is 0. The van der Waals surface area contributed by atoms with Gasteiger partial charge >= 0.3 is 0 Å². The molecule has 1 aliphatic heterocycles. The highest BCUT2D eigenvalue weighted by atomic mass is 32.2. The molecular weight excluding hydrogens is 284 g/mol. The molecule has 2 aromatic carbocycles. The van der Waals surface area contributed by atoms with Gasteiger partial charge in [0.1, 0.15) is 0 Å². The van der Waals surface area contributed by atoms with Gasteiger partial charge in [-0.05, 0) is 37.0 Å². The summed E-state index contributed by atoms with van der Waals surface area (Å²) < 4.78 is 31.2. The first-order valence-corrected chi connectivity index (χ1v) is 8.72. The highest BCUT2D eigenvalue weighted by Crippen LogP contribution is 2.35.